The Kier molecular flexibility index (Phi) is 6.03. The smallest absolute Gasteiger partial charge is 0.122 e. The van der Waals surface area contributed by atoms with Crippen molar-refractivity contribution in [2.45, 2.75) is 31.8 Å². The summed E-state index contributed by atoms with van der Waals surface area (Å²) in [6.45, 7) is 3.10. The predicted octanol–water partition coefficient (Wildman–Crippen LogP) is 4.01. The molecule has 0 bridgehead atoms. The van der Waals surface area contributed by atoms with E-state index in [-0.39, 0.29) is 6.04 Å². The van der Waals surface area contributed by atoms with E-state index in [9.17, 15) is 0 Å². The minimum Gasteiger partial charge on any atom is -0.468 e. The van der Waals surface area contributed by atoms with Crippen LogP contribution in [0.5, 0.6) is 0 Å². The molecule has 2 atom stereocenters. The summed E-state index contributed by atoms with van der Waals surface area (Å²) in [5.74, 6) is 1.01. The molecule has 0 fully saturated rings. The molecule has 3 nitrogen and oxygen atoms in total. The molecular formula is C18H26N2O. The third-order valence-corrected chi connectivity index (χ3v) is 3.83. The number of rotatable bonds is 8. The van der Waals surface area contributed by atoms with Gasteiger partial charge in [0.2, 0.25) is 0 Å². The highest BCUT2D eigenvalue weighted by molar-refractivity contribution is 5.19. The fourth-order valence-corrected chi connectivity index (χ4v) is 2.63. The van der Waals surface area contributed by atoms with Crippen LogP contribution in [0.2, 0.25) is 0 Å². The molecule has 0 radical (unpaired) electrons. The molecule has 0 aliphatic rings. The zero-order valence-corrected chi connectivity index (χ0v) is 13.3. The van der Waals surface area contributed by atoms with Crippen molar-refractivity contribution >= 4 is 0 Å². The van der Waals surface area contributed by atoms with E-state index in [2.05, 4.69) is 61.6 Å². The van der Waals surface area contributed by atoms with E-state index in [1.54, 1.807) is 6.26 Å². The van der Waals surface area contributed by atoms with E-state index < -0.39 is 0 Å². The second-order valence-corrected chi connectivity index (χ2v) is 5.66. The lowest BCUT2D eigenvalue weighted by molar-refractivity contribution is 0.242. The monoisotopic (exact) mass is 286 g/mol. The Morgan fingerprint density at radius 1 is 1.10 bits per heavy atom. The molecule has 0 aliphatic carbocycles. The van der Waals surface area contributed by atoms with E-state index in [4.69, 9.17) is 4.42 Å². The van der Waals surface area contributed by atoms with Crippen LogP contribution in [0.15, 0.2) is 53.1 Å². The number of likely N-dealkylation sites (N-methyl/N-ethyl adjacent to an activating group) is 1. The lowest BCUT2D eigenvalue weighted by Crippen LogP contribution is -2.33. The van der Waals surface area contributed by atoms with Gasteiger partial charge in [-0.3, -0.25) is 4.90 Å². The van der Waals surface area contributed by atoms with Gasteiger partial charge in [0, 0.05) is 12.6 Å². The largest absolute Gasteiger partial charge is 0.468 e. The van der Waals surface area contributed by atoms with Crippen molar-refractivity contribution in [1.29, 1.82) is 0 Å². The Bertz CT molecular complexity index is 493. The highest BCUT2D eigenvalue weighted by Gasteiger charge is 2.19. The predicted molar refractivity (Wildman–Crippen MR) is 87.2 cm³/mol. The van der Waals surface area contributed by atoms with E-state index in [1.807, 2.05) is 12.1 Å². The van der Waals surface area contributed by atoms with E-state index in [0.717, 1.165) is 18.7 Å². The van der Waals surface area contributed by atoms with Crippen molar-refractivity contribution in [3.05, 3.63) is 60.1 Å². The second kappa shape index (κ2) is 8.01. The van der Waals surface area contributed by atoms with Crippen LogP contribution in [-0.4, -0.2) is 25.5 Å². The zero-order valence-electron chi connectivity index (χ0n) is 13.3. The molecule has 0 amide bonds. The molecule has 1 aromatic carbocycles. The first-order valence-electron chi connectivity index (χ1n) is 7.70. The Morgan fingerprint density at radius 3 is 2.43 bits per heavy atom. The van der Waals surface area contributed by atoms with Crippen LogP contribution in [-0.2, 0) is 0 Å². The van der Waals surface area contributed by atoms with Crippen molar-refractivity contribution in [1.82, 2.24) is 10.2 Å². The highest BCUT2D eigenvalue weighted by Crippen LogP contribution is 2.22. The second-order valence-electron chi connectivity index (χ2n) is 5.66. The molecule has 2 unspecified atom stereocenters. The Labute approximate surface area is 128 Å². The third-order valence-electron chi connectivity index (χ3n) is 3.83. The molecule has 2 rings (SSSR count). The van der Waals surface area contributed by atoms with Crippen LogP contribution < -0.4 is 5.32 Å². The number of nitrogens with one attached hydrogen (secondary N) is 1. The molecule has 1 heterocycles. The Hall–Kier alpha value is -1.58. The fourth-order valence-electron chi connectivity index (χ4n) is 2.63. The minimum absolute atomic E-state index is 0.253. The first-order chi connectivity index (χ1) is 10.2. The average Bonchev–Trinajstić information content (AvgIpc) is 3.01. The van der Waals surface area contributed by atoms with Gasteiger partial charge in [-0.05, 0) is 38.2 Å². The van der Waals surface area contributed by atoms with Gasteiger partial charge in [0.1, 0.15) is 5.76 Å². The van der Waals surface area contributed by atoms with Gasteiger partial charge < -0.3 is 9.73 Å². The summed E-state index contributed by atoms with van der Waals surface area (Å²) < 4.78 is 5.57. The maximum atomic E-state index is 5.57. The lowest BCUT2D eigenvalue weighted by Gasteiger charge is -2.26. The van der Waals surface area contributed by atoms with Crippen molar-refractivity contribution in [3.8, 4) is 0 Å². The molecular weight excluding hydrogens is 260 g/mol. The first kappa shape index (κ1) is 15.8. The quantitative estimate of drug-likeness (QED) is 0.794. The van der Waals surface area contributed by atoms with Crippen LogP contribution in [0.25, 0.3) is 0 Å². The summed E-state index contributed by atoms with van der Waals surface area (Å²) in [6, 6.07) is 15.3. The summed E-state index contributed by atoms with van der Waals surface area (Å²) >= 11 is 0. The summed E-state index contributed by atoms with van der Waals surface area (Å²) in [5.41, 5.74) is 1.36. The van der Waals surface area contributed by atoms with Gasteiger partial charge in [-0.1, -0.05) is 43.7 Å². The van der Waals surface area contributed by atoms with Gasteiger partial charge in [0.05, 0.1) is 12.3 Å². The summed E-state index contributed by atoms with van der Waals surface area (Å²) in [6.07, 6.45) is 4.05. The van der Waals surface area contributed by atoms with Crippen molar-refractivity contribution < 1.29 is 4.42 Å². The molecule has 1 N–H and O–H groups in total. The van der Waals surface area contributed by atoms with Gasteiger partial charge in [-0.2, -0.15) is 0 Å². The molecule has 0 saturated carbocycles. The average molecular weight is 286 g/mol. The van der Waals surface area contributed by atoms with Gasteiger partial charge in [-0.15, -0.1) is 0 Å². The molecule has 1 aromatic heterocycles. The number of furan rings is 1. The zero-order chi connectivity index (χ0) is 15.1. The molecule has 0 aliphatic heterocycles. The standard InChI is InChI=1S/C18H26N2O/c1-4-9-16(15-10-6-5-7-11-15)19-14-17(20(2)3)18-12-8-13-21-18/h5-8,10-13,16-17,19H,4,9,14H2,1-3H3. The third kappa shape index (κ3) is 4.45. The van der Waals surface area contributed by atoms with Crippen LogP contribution in [0.4, 0.5) is 0 Å². The van der Waals surface area contributed by atoms with Crippen LogP contribution in [0.3, 0.4) is 0 Å². The summed E-state index contributed by atoms with van der Waals surface area (Å²) in [4.78, 5) is 2.19. The molecule has 114 valence electrons. The van der Waals surface area contributed by atoms with E-state index >= 15 is 0 Å². The molecule has 3 heteroatoms. The minimum atomic E-state index is 0.253. The van der Waals surface area contributed by atoms with Crippen LogP contribution in [0, 0.1) is 0 Å². The number of hydrogen-bond donors (Lipinski definition) is 1. The topological polar surface area (TPSA) is 28.4 Å². The highest BCUT2D eigenvalue weighted by atomic mass is 16.3. The summed E-state index contributed by atoms with van der Waals surface area (Å²) in [7, 11) is 4.18. The Balaban J connectivity index is 2.03. The number of nitrogens with zero attached hydrogens (tertiary/aromatic N) is 1. The molecule has 2 aromatic rings. The SMILES string of the molecule is CCCC(NCC(c1ccco1)N(C)C)c1ccccc1. The number of hydrogen-bond acceptors (Lipinski definition) is 3. The Morgan fingerprint density at radius 2 is 1.86 bits per heavy atom. The maximum Gasteiger partial charge on any atom is 0.122 e. The van der Waals surface area contributed by atoms with E-state index in [1.165, 1.54) is 12.0 Å². The van der Waals surface area contributed by atoms with Gasteiger partial charge >= 0.3 is 0 Å². The molecule has 0 saturated heterocycles. The van der Waals surface area contributed by atoms with Crippen LogP contribution >= 0.6 is 0 Å². The fraction of sp³-hybridized carbons (Fsp3) is 0.444. The molecule has 21 heavy (non-hydrogen) atoms. The van der Waals surface area contributed by atoms with Crippen molar-refractivity contribution in [2.75, 3.05) is 20.6 Å². The van der Waals surface area contributed by atoms with Crippen molar-refractivity contribution in [3.63, 3.8) is 0 Å². The van der Waals surface area contributed by atoms with Gasteiger partial charge in [0.25, 0.3) is 0 Å². The van der Waals surface area contributed by atoms with E-state index in [0.29, 0.717) is 6.04 Å². The lowest BCUT2D eigenvalue weighted by atomic mass is 10.0. The van der Waals surface area contributed by atoms with Gasteiger partial charge in [0.15, 0.2) is 0 Å². The molecule has 0 spiro atoms. The normalized spacial score (nSPS) is 14.3. The van der Waals surface area contributed by atoms with Gasteiger partial charge in [-0.25, -0.2) is 0 Å². The maximum absolute atomic E-state index is 5.57. The first-order valence-corrected chi connectivity index (χ1v) is 7.70. The summed E-state index contributed by atoms with van der Waals surface area (Å²) in [5, 5.41) is 3.70. The van der Waals surface area contributed by atoms with Crippen molar-refractivity contribution in [2.24, 2.45) is 0 Å². The number of benzene rings is 1. The van der Waals surface area contributed by atoms with Crippen LogP contribution in [0.1, 0.15) is 43.2 Å².